The Balaban J connectivity index is 1.76. The third-order valence-corrected chi connectivity index (χ3v) is 6.36. The van der Waals surface area contributed by atoms with E-state index in [1.165, 1.54) is 12.8 Å². The van der Waals surface area contributed by atoms with Crippen LogP contribution in [-0.2, 0) is 16.8 Å². The molecule has 4 rings (SSSR count). The van der Waals surface area contributed by atoms with E-state index in [9.17, 15) is 4.79 Å². The minimum atomic E-state index is -0.630. The van der Waals surface area contributed by atoms with Crippen LogP contribution in [-0.4, -0.2) is 29.5 Å². The fourth-order valence-electron chi connectivity index (χ4n) is 4.79. The molecule has 2 aliphatic rings. The van der Waals surface area contributed by atoms with Crippen molar-refractivity contribution in [2.75, 3.05) is 23.9 Å². The van der Waals surface area contributed by atoms with Crippen LogP contribution in [0.25, 0.3) is 0 Å². The average molecular weight is 423 g/mol. The maximum Gasteiger partial charge on any atom is 0.239 e. The number of benzene rings is 1. The molecule has 1 aliphatic heterocycles. The number of aromatic nitrogens is 2. The monoisotopic (exact) mass is 422 g/mol. The minimum Gasteiger partial charge on any atom is -0.497 e. The van der Waals surface area contributed by atoms with Crippen LogP contribution in [0.1, 0.15) is 64.1 Å². The molecule has 1 unspecified atom stereocenters. The van der Waals surface area contributed by atoms with Crippen molar-refractivity contribution in [3.63, 3.8) is 0 Å². The van der Waals surface area contributed by atoms with E-state index in [4.69, 9.17) is 9.72 Å². The molecule has 31 heavy (non-hydrogen) atoms. The molecular weight excluding hydrogens is 388 g/mol. The molecule has 1 aliphatic carbocycles. The van der Waals surface area contributed by atoms with Crippen molar-refractivity contribution in [2.24, 2.45) is 11.8 Å². The van der Waals surface area contributed by atoms with E-state index in [1.807, 2.05) is 35.4 Å². The Bertz CT molecular complexity index is 924. The van der Waals surface area contributed by atoms with Crippen molar-refractivity contribution < 1.29 is 9.53 Å². The maximum absolute atomic E-state index is 14.1. The van der Waals surface area contributed by atoms with E-state index in [1.54, 1.807) is 7.11 Å². The normalized spacial score (nSPS) is 20.7. The Morgan fingerprint density at radius 2 is 2.00 bits per heavy atom. The molecule has 0 spiro atoms. The molecule has 6 nitrogen and oxygen atoms in total. The number of hydrogen-bond donors (Lipinski definition) is 1. The quantitative estimate of drug-likeness (QED) is 0.620. The summed E-state index contributed by atoms with van der Waals surface area (Å²) in [5, 5.41) is 3.40. The number of hydrogen-bond acceptors (Lipinski definition) is 5. The van der Waals surface area contributed by atoms with Gasteiger partial charge in [-0.05, 0) is 61.8 Å². The molecule has 0 saturated heterocycles. The third kappa shape index (κ3) is 4.39. The van der Waals surface area contributed by atoms with Gasteiger partial charge in [-0.1, -0.05) is 27.2 Å². The number of anilines is 2. The lowest BCUT2D eigenvalue weighted by molar-refractivity contribution is -0.126. The molecular formula is C25H34N4O2. The van der Waals surface area contributed by atoms with Gasteiger partial charge in [0.05, 0.1) is 24.8 Å². The van der Waals surface area contributed by atoms with Gasteiger partial charge < -0.3 is 15.0 Å². The molecule has 1 aromatic heterocycles. The zero-order valence-electron chi connectivity index (χ0n) is 19.1. The highest BCUT2D eigenvalue weighted by molar-refractivity contribution is 6.02. The van der Waals surface area contributed by atoms with Gasteiger partial charge in [0.1, 0.15) is 5.75 Å². The average Bonchev–Trinajstić information content (AvgIpc) is 3.59. The van der Waals surface area contributed by atoms with Crippen molar-refractivity contribution in [2.45, 2.75) is 64.8 Å². The lowest BCUT2D eigenvalue weighted by Crippen LogP contribution is -2.52. The molecule has 166 valence electrons. The second-order valence-electron chi connectivity index (χ2n) is 9.41. The second-order valence-corrected chi connectivity index (χ2v) is 9.41. The van der Waals surface area contributed by atoms with Crippen LogP contribution < -0.4 is 15.0 Å². The van der Waals surface area contributed by atoms with Crippen LogP contribution in [0.4, 0.5) is 11.6 Å². The summed E-state index contributed by atoms with van der Waals surface area (Å²) < 4.78 is 5.30. The number of ether oxygens (including phenoxy) is 1. The Labute approximate surface area is 185 Å². The van der Waals surface area contributed by atoms with Gasteiger partial charge in [0.15, 0.2) is 0 Å². The minimum absolute atomic E-state index is 0.146. The van der Waals surface area contributed by atoms with Crippen LogP contribution in [0.15, 0.2) is 30.5 Å². The second kappa shape index (κ2) is 8.85. The van der Waals surface area contributed by atoms with Crippen LogP contribution in [0.5, 0.6) is 5.75 Å². The van der Waals surface area contributed by atoms with E-state index in [0.717, 1.165) is 54.4 Å². The number of nitrogens with one attached hydrogen (secondary N) is 1. The van der Waals surface area contributed by atoms with Crippen molar-refractivity contribution in [1.29, 1.82) is 0 Å². The largest absolute Gasteiger partial charge is 0.497 e. The first-order valence-corrected chi connectivity index (χ1v) is 11.5. The number of methoxy groups -OCH3 is 1. The molecule has 1 fully saturated rings. The topological polar surface area (TPSA) is 67.4 Å². The highest BCUT2D eigenvalue weighted by Crippen LogP contribution is 2.44. The van der Waals surface area contributed by atoms with Gasteiger partial charge in [-0.25, -0.2) is 9.97 Å². The SMILES string of the molecule is CCCC1(CC(C)C)C(=O)N(c2ccc(OC)cc2)Cc2cnc(NCC3CC3)nc21. The first-order chi connectivity index (χ1) is 15.0. The molecule has 6 heteroatoms. The summed E-state index contributed by atoms with van der Waals surface area (Å²) in [6.45, 7) is 7.92. The van der Waals surface area contributed by atoms with Crippen LogP contribution in [0, 0.1) is 11.8 Å². The van der Waals surface area contributed by atoms with Gasteiger partial charge in [-0.15, -0.1) is 0 Å². The first-order valence-electron chi connectivity index (χ1n) is 11.5. The molecule has 2 heterocycles. The standard InChI is InChI=1S/C25H34N4O2/c1-5-12-25(13-17(2)3)22-19(15-27-24(28-22)26-14-18-6-7-18)16-29(23(25)30)20-8-10-21(31-4)11-9-20/h8-11,15,17-18H,5-7,12-14,16H2,1-4H3,(H,26,27,28). The first kappa shape index (κ1) is 21.6. The maximum atomic E-state index is 14.1. The fourth-order valence-corrected chi connectivity index (χ4v) is 4.79. The molecule has 1 atom stereocenters. The summed E-state index contributed by atoms with van der Waals surface area (Å²) in [6.07, 6.45) is 6.95. The summed E-state index contributed by atoms with van der Waals surface area (Å²) in [6, 6.07) is 7.73. The van der Waals surface area contributed by atoms with Gasteiger partial charge in [-0.2, -0.15) is 0 Å². The predicted octanol–water partition coefficient (Wildman–Crippen LogP) is 4.94. The highest BCUT2D eigenvalue weighted by atomic mass is 16.5. The number of rotatable bonds is 9. The highest BCUT2D eigenvalue weighted by Gasteiger charge is 2.49. The summed E-state index contributed by atoms with van der Waals surface area (Å²) in [4.78, 5) is 25.5. The van der Waals surface area contributed by atoms with Gasteiger partial charge in [-0.3, -0.25) is 4.79 Å². The Morgan fingerprint density at radius 3 is 2.61 bits per heavy atom. The van der Waals surface area contributed by atoms with Crippen molar-refractivity contribution in [3.05, 3.63) is 41.7 Å². The van der Waals surface area contributed by atoms with E-state index in [-0.39, 0.29) is 5.91 Å². The van der Waals surface area contributed by atoms with E-state index >= 15 is 0 Å². The molecule has 2 aromatic rings. The number of amides is 1. The van der Waals surface area contributed by atoms with Gasteiger partial charge in [0.25, 0.3) is 0 Å². The Kier molecular flexibility index (Phi) is 6.17. The lowest BCUT2D eigenvalue weighted by atomic mass is 9.69. The zero-order chi connectivity index (χ0) is 22.0. The predicted molar refractivity (Wildman–Crippen MR) is 123 cm³/mol. The summed E-state index contributed by atoms with van der Waals surface area (Å²) in [5.41, 5.74) is 2.22. The third-order valence-electron chi connectivity index (χ3n) is 6.36. The van der Waals surface area contributed by atoms with E-state index in [0.29, 0.717) is 18.4 Å². The molecule has 0 radical (unpaired) electrons. The molecule has 0 bridgehead atoms. The summed E-state index contributed by atoms with van der Waals surface area (Å²) in [5.74, 6) is 2.69. The van der Waals surface area contributed by atoms with Crippen molar-refractivity contribution >= 4 is 17.5 Å². The zero-order valence-corrected chi connectivity index (χ0v) is 19.1. The van der Waals surface area contributed by atoms with Gasteiger partial charge in [0, 0.05) is 24.0 Å². The molecule has 1 saturated carbocycles. The number of carbonyl (C=O) groups excluding carboxylic acids is 1. The number of nitrogens with zero attached hydrogens (tertiary/aromatic N) is 3. The fraction of sp³-hybridized carbons (Fsp3) is 0.560. The number of fused-ring (bicyclic) bond motifs is 1. The lowest BCUT2D eigenvalue weighted by Gasteiger charge is -2.43. The Morgan fingerprint density at radius 1 is 1.26 bits per heavy atom. The van der Waals surface area contributed by atoms with E-state index in [2.05, 4.69) is 31.1 Å². The van der Waals surface area contributed by atoms with Crippen LogP contribution in [0.2, 0.25) is 0 Å². The Hall–Kier alpha value is -2.63. The summed E-state index contributed by atoms with van der Waals surface area (Å²) in [7, 11) is 1.65. The van der Waals surface area contributed by atoms with Gasteiger partial charge in [0.2, 0.25) is 11.9 Å². The van der Waals surface area contributed by atoms with Crippen LogP contribution >= 0.6 is 0 Å². The van der Waals surface area contributed by atoms with Crippen molar-refractivity contribution in [1.82, 2.24) is 9.97 Å². The molecule has 1 aromatic carbocycles. The number of carbonyl (C=O) groups is 1. The van der Waals surface area contributed by atoms with Crippen LogP contribution in [0.3, 0.4) is 0 Å². The molecule has 1 amide bonds. The van der Waals surface area contributed by atoms with Crippen molar-refractivity contribution in [3.8, 4) is 5.75 Å². The van der Waals surface area contributed by atoms with E-state index < -0.39 is 5.41 Å². The smallest absolute Gasteiger partial charge is 0.239 e. The summed E-state index contributed by atoms with van der Waals surface area (Å²) >= 11 is 0. The van der Waals surface area contributed by atoms with Gasteiger partial charge >= 0.3 is 0 Å². The molecule has 1 N–H and O–H groups in total.